The molecule has 19 heavy (non-hydrogen) atoms. The Balaban J connectivity index is 1.74. The third-order valence-electron chi connectivity index (χ3n) is 3.76. The summed E-state index contributed by atoms with van der Waals surface area (Å²) in [6, 6.07) is 7.26. The van der Waals surface area contributed by atoms with Crippen molar-refractivity contribution in [1.82, 2.24) is 4.90 Å². The molecule has 1 N–H and O–H groups in total. The van der Waals surface area contributed by atoms with Crippen molar-refractivity contribution in [3.05, 3.63) is 29.8 Å². The molecule has 1 aromatic rings. The minimum absolute atomic E-state index is 0.287. The normalized spacial score (nSPS) is 15.9. The number of benzene rings is 1. The summed E-state index contributed by atoms with van der Waals surface area (Å²) >= 11 is 0. The lowest BCUT2D eigenvalue weighted by molar-refractivity contribution is 0.0697. The van der Waals surface area contributed by atoms with Gasteiger partial charge in [0.1, 0.15) is 12.4 Å². The highest BCUT2D eigenvalue weighted by atomic mass is 16.5. The van der Waals surface area contributed by atoms with Crippen LogP contribution in [0.3, 0.4) is 0 Å². The monoisotopic (exact) mass is 263 g/mol. The lowest BCUT2D eigenvalue weighted by Crippen LogP contribution is -2.32. The van der Waals surface area contributed by atoms with Crippen molar-refractivity contribution in [3.8, 4) is 5.75 Å². The maximum atomic E-state index is 10.7. The van der Waals surface area contributed by atoms with Crippen molar-refractivity contribution in [2.45, 2.75) is 31.7 Å². The van der Waals surface area contributed by atoms with Crippen LogP contribution in [-0.4, -0.2) is 42.2 Å². The summed E-state index contributed by atoms with van der Waals surface area (Å²) in [5.74, 6) is -0.183. The van der Waals surface area contributed by atoms with Gasteiger partial charge in [-0.15, -0.1) is 0 Å². The molecule has 1 aliphatic carbocycles. The average Bonchev–Trinajstić information content (AvgIpc) is 2.93. The van der Waals surface area contributed by atoms with E-state index in [1.165, 1.54) is 25.7 Å². The Labute approximate surface area is 114 Å². The van der Waals surface area contributed by atoms with Crippen LogP contribution in [-0.2, 0) is 0 Å². The van der Waals surface area contributed by atoms with Crippen molar-refractivity contribution in [1.29, 1.82) is 0 Å². The van der Waals surface area contributed by atoms with Crippen molar-refractivity contribution in [3.63, 3.8) is 0 Å². The highest BCUT2D eigenvalue weighted by Crippen LogP contribution is 2.22. The zero-order valence-electron chi connectivity index (χ0n) is 11.3. The van der Waals surface area contributed by atoms with Gasteiger partial charge in [0.2, 0.25) is 0 Å². The molecule has 0 heterocycles. The first-order chi connectivity index (χ1) is 9.16. The van der Waals surface area contributed by atoms with Crippen LogP contribution in [0.25, 0.3) is 0 Å². The number of rotatable bonds is 6. The van der Waals surface area contributed by atoms with Gasteiger partial charge >= 0.3 is 5.97 Å². The number of carbonyl (C=O) groups is 1. The third kappa shape index (κ3) is 3.96. The summed E-state index contributed by atoms with van der Waals surface area (Å²) in [6.45, 7) is 1.55. The second kappa shape index (κ2) is 6.57. The van der Waals surface area contributed by atoms with E-state index >= 15 is 0 Å². The van der Waals surface area contributed by atoms with Gasteiger partial charge in [-0.3, -0.25) is 0 Å². The highest BCUT2D eigenvalue weighted by molar-refractivity contribution is 5.87. The summed E-state index contributed by atoms with van der Waals surface area (Å²) in [4.78, 5) is 13.1. The molecule has 0 radical (unpaired) electrons. The Morgan fingerprint density at radius 3 is 2.53 bits per heavy atom. The Kier molecular flexibility index (Phi) is 4.80. The number of aromatic carboxylic acids is 1. The van der Waals surface area contributed by atoms with E-state index in [0.717, 1.165) is 12.3 Å². The van der Waals surface area contributed by atoms with Crippen LogP contribution in [0.5, 0.6) is 5.75 Å². The lowest BCUT2D eigenvalue weighted by atomic mass is 10.2. The molecule has 1 aliphatic rings. The van der Waals surface area contributed by atoms with E-state index < -0.39 is 5.97 Å². The van der Waals surface area contributed by atoms with Gasteiger partial charge in [0, 0.05) is 12.6 Å². The van der Waals surface area contributed by atoms with Gasteiger partial charge < -0.3 is 14.7 Å². The van der Waals surface area contributed by atoms with E-state index in [1.807, 2.05) is 0 Å². The van der Waals surface area contributed by atoms with Crippen LogP contribution in [0.2, 0.25) is 0 Å². The van der Waals surface area contributed by atoms with Crippen LogP contribution in [0.4, 0.5) is 0 Å². The molecule has 4 heteroatoms. The molecule has 0 aliphatic heterocycles. The minimum atomic E-state index is -0.910. The van der Waals surface area contributed by atoms with Crippen molar-refractivity contribution in [2.75, 3.05) is 20.2 Å². The number of ether oxygens (including phenoxy) is 1. The second-order valence-electron chi connectivity index (χ2n) is 5.10. The minimum Gasteiger partial charge on any atom is -0.492 e. The summed E-state index contributed by atoms with van der Waals surface area (Å²) in [5.41, 5.74) is 0.287. The predicted molar refractivity (Wildman–Crippen MR) is 73.8 cm³/mol. The number of nitrogens with zero attached hydrogens (tertiary/aromatic N) is 1. The van der Waals surface area contributed by atoms with E-state index in [4.69, 9.17) is 9.84 Å². The van der Waals surface area contributed by atoms with Gasteiger partial charge in [0.05, 0.1) is 5.56 Å². The lowest BCUT2D eigenvalue weighted by Gasteiger charge is -2.23. The van der Waals surface area contributed by atoms with Gasteiger partial charge in [-0.25, -0.2) is 4.79 Å². The topological polar surface area (TPSA) is 49.8 Å². The molecular formula is C15H21NO3. The molecule has 4 nitrogen and oxygen atoms in total. The first-order valence-electron chi connectivity index (χ1n) is 6.83. The van der Waals surface area contributed by atoms with Crippen LogP contribution < -0.4 is 4.74 Å². The molecule has 2 rings (SSSR count). The average molecular weight is 263 g/mol. The Morgan fingerprint density at radius 2 is 1.95 bits per heavy atom. The summed E-state index contributed by atoms with van der Waals surface area (Å²) in [5, 5.41) is 8.80. The van der Waals surface area contributed by atoms with E-state index in [-0.39, 0.29) is 5.56 Å². The first-order valence-corrected chi connectivity index (χ1v) is 6.83. The molecule has 0 atom stereocenters. The zero-order valence-corrected chi connectivity index (χ0v) is 11.3. The molecule has 104 valence electrons. The second-order valence-corrected chi connectivity index (χ2v) is 5.10. The van der Waals surface area contributed by atoms with E-state index in [0.29, 0.717) is 12.6 Å². The highest BCUT2D eigenvalue weighted by Gasteiger charge is 2.18. The molecular weight excluding hydrogens is 242 g/mol. The first kappa shape index (κ1) is 13.9. The van der Waals surface area contributed by atoms with Crippen LogP contribution in [0.15, 0.2) is 24.3 Å². The predicted octanol–water partition coefficient (Wildman–Crippen LogP) is 2.64. The SMILES string of the molecule is CN(CCOc1ccc(C(=O)O)cc1)C1CCCC1. The van der Waals surface area contributed by atoms with Crippen molar-refractivity contribution < 1.29 is 14.6 Å². The van der Waals surface area contributed by atoms with Crippen LogP contribution in [0.1, 0.15) is 36.0 Å². The summed E-state index contributed by atoms with van der Waals surface area (Å²) < 4.78 is 5.64. The fraction of sp³-hybridized carbons (Fsp3) is 0.533. The fourth-order valence-corrected chi connectivity index (χ4v) is 2.53. The molecule has 0 amide bonds. The maximum Gasteiger partial charge on any atom is 0.335 e. The van der Waals surface area contributed by atoms with Gasteiger partial charge in [0.15, 0.2) is 0 Å². The fourth-order valence-electron chi connectivity index (χ4n) is 2.53. The summed E-state index contributed by atoms with van der Waals surface area (Å²) in [7, 11) is 2.15. The van der Waals surface area contributed by atoms with Crippen molar-refractivity contribution >= 4 is 5.97 Å². The molecule has 0 saturated heterocycles. The Morgan fingerprint density at radius 1 is 1.32 bits per heavy atom. The number of likely N-dealkylation sites (N-methyl/N-ethyl adjacent to an activating group) is 1. The summed E-state index contributed by atoms with van der Waals surface area (Å²) in [6.07, 6.45) is 5.27. The number of hydrogen-bond acceptors (Lipinski definition) is 3. The van der Waals surface area contributed by atoms with Gasteiger partial charge in [-0.05, 0) is 44.2 Å². The number of carboxylic acids is 1. The molecule has 0 unspecified atom stereocenters. The van der Waals surface area contributed by atoms with Crippen LogP contribution >= 0.6 is 0 Å². The van der Waals surface area contributed by atoms with E-state index in [2.05, 4.69) is 11.9 Å². The van der Waals surface area contributed by atoms with Gasteiger partial charge in [-0.1, -0.05) is 12.8 Å². The Hall–Kier alpha value is -1.55. The standard InChI is InChI=1S/C15H21NO3/c1-16(13-4-2-3-5-13)10-11-19-14-8-6-12(7-9-14)15(17)18/h6-9,13H,2-5,10-11H2,1H3,(H,17,18). The van der Waals surface area contributed by atoms with Gasteiger partial charge in [-0.2, -0.15) is 0 Å². The largest absolute Gasteiger partial charge is 0.492 e. The van der Waals surface area contributed by atoms with Crippen molar-refractivity contribution in [2.24, 2.45) is 0 Å². The number of carboxylic acid groups (broad SMARTS) is 1. The molecule has 0 spiro atoms. The quantitative estimate of drug-likeness (QED) is 0.857. The van der Waals surface area contributed by atoms with E-state index in [9.17, 15) is 4.79 Å². The number of hydrogen-bond donors (Lipinski definition) is 1. The molecule has 0 aromatic heterocycles. The Bertz CT molecular complexity index is 410. The molecule has 1 aromatic carbocycles. The molecule has 1 fully saturated rings. The smallest absolute Gasteiger partial charge is 0.335 e. The maximum absolute atomic E-state index is 10.7. The van der Waals surface area contributed by atoms with Gasteiger partial charge in [0.25, 0.3) is 0 Å². The zero-order chi connectivity index (χ0) is 13.7. The van der Waals surface area contributed by atoms with E-state index in [1.54, 1.807) is 24.3 Å². The third-order valence-corrected chi connectivity index (χ3v) is 3.76. The van der Waals surface area contributed by atoms with Crippen LogP contribution in [0, 0.1) is 0 Å². The molecule has 0 bridgehead atoms. The molecule has 1 saturated carbocycles.